The molecule has 0 bridgehead atoms. The van der Waals surface area contributed by atoms with E-state index < -0.39 is 16.1 Å². The summed E-state index contributed by atoms with van der Waals surface area (Å²) in [5, 5.41) is 3.09. The van der Waals surface area contributed by atoms with Gasteiger partial charge in [-0.1, -0.05) is 60.2 Å². The van der Waals surface area contributed by atoms with E-state index in [1.165, 1.54) is 11.4 Å². The number of hydrogen-bond donors (Lipinski definition) is 1. The first kappa shape index (κ1) is 23.3. The van der Waals surface area contributed by atoms with Crippen LogP contribution in [0, 0.1) is 6.92 Å². The van der Waals surface area contributed by atoms with Gasteiger partial charge < -0.3 is 10.1 Å². The van der Waals surface area contributed by atoms with Gasteiger partial charge in [0, 0.05) is 7.05 Å². The molecule has 0 aromatic heterocycles. The molecule has 3 aromatic carbocycles. The van der Waals surface area contributed by atoms with Gasteiger partial charge >= 0.3 is 0 Å². The van der Waals surface area contributed by atoms with Gasteiger partial charge in [0.2, 0.25) is 10.0 Å². The Morgan fingerprint density at radius 1 is 0.906 bits per heavy atom. The van der Waals surface area contributed by atoms with Crippen LogP contribution in [0.3, 0.4) is 0 Å². The van der Waals surface area contributed by atoms with Gasteiger partial charge in [-0.05, 0) is 49.2 Å². The number of hydrogen-bond acceptors (Lipinski definition) is 4. The summed E-state index contributed by atoms with van der Waals surface area (Å²) in [7, 11) is -1.86. The molecule has 2 atom stereocenters. The fourth-order valence-corrected chi connectivity index (χ4v) is 3.71. The lowest BCUT2D eigenvalue weighted by Gasteiger charge is -2.23. The maximum atomic E-state index is 13.0. The number of anilines is 1. The molecule has 0 saturated heterocycles. The van der Waals surface area contributed by atoms with Crippen molar-refractivity contribution in [2.75, 3.05) is 17.6 Å². The highest BCUT2D eigenvalue weighted by Crippen LogP contribution is 2.24. The number of aryl methyl sites for hydroxylation is 1. The number of rotatable bonds is 8. The minimum Gasteiger partial charge on any atom is -0.481 e. The van der Waals surface area contributed by atoms with Crippen molar-refractivity contribution in [1.29, 1.82) is 0 Å². The van der Waals surface area contributed by atoms with E-state index in [-0.39, 0.29) is 11.9 Å². The monoisotopic (exact) mass is 452 g/mol. The lowest BCUT2D eigenvalue weighted by Crippen LogP contribution is -2.39. The van der Waals surface area contributed by atoms with Gasteiger partial charge in [-0.25, -0.2) is 8.42 Å². The predicted molar refractivity (Wildman–Crippen MR) is 127 cm³/mol. The number of carbonyl (C=O) groups is 1. The normalized spacial score (nSPS) is 13.1. The number of carbonyl (C=O) groups excluding carboxylic acids is 1. The number of ether oxygens (including phenoxy) is 1. The van der Waals surface area contributed by atoms with Crippen LogP contribution in [0.5, 0.6) is 5.75 Å². The van der Waals surface area contributed by atoms with Gasteiger partial charge in [-0.2, -0.15) is 0 Å². The summed E-state index contributed by atoms with van der Waals surface area (Å²) in [5.74, 6) is 0.224. The molecule has 0 aliphatic rings. The van der Waals surface area contributed by atoms with Gasteiger partial charge in [-0.15, -0.1) is 0 Å². The highest BCUT2D eigenvalue weighted by molar-refractivity contribution is 7.92. The molecule has 3 rings (SSSR count). The summed E-state index contributed by atoms with van der Waals surface area (Å²) in [4.78, 5) is 13.0. The lowest BCUT2D eigenvalue weighted by atomic mass is 9.97. The van der Waals surface area contributed by atoms with E-state index in [0.29, 0.717) is 11.4 Å². The fourth-order valence-electron chi connectivity index (χ4n) is 3.21. The van der Waals surface area contributed by atoms with E-state index in [4.69, 9.17) is 4.74 Å². The van der Waals surface area contributed by atoms with Crippen molar-refractivity contribution in [1.82, 2.24) is 5.32 Å². The minimum absolute atomic E-state index is 0.253. The minimum atomic E-state index is -3.35. The average molecular weight is 453 g/mol. The summed E-state index contributed by atoms with van der Waals surface area (Å²) in [6, 6.07) is 24.1. The van der Waals surface area contributed by atoms with Gasteiger partial charge in [0.25, 0.3) is 5.91 Å². The Morgan fingerprint density at radius 3 is 2.03 bits per heavy atom. The molecule has 6 nitrogen and oxygen atoms in total. The zero-order chi connectivity index (χ0) is 23.3. The highest BCUT2D eigenvalue weighted by Gasteiger charge is 2.22. The van der Waals surface area contributed by atoms with Crippen LogP contribution in [-0.4, -0.2) is 33.7 Å². The molecule has 0 radical (unpaired) electrons. The van der Waals surface area contributed by atoms with Crippen molar-refractivity contribution >= 4 is 21.6 Å². The van der Waals surface area contributed by atoms with Crippen LogP contribution in [-0.2, 0) is 14.8 Å². The average Bonchev–Trinajstić information content (AvgIpc) is 2.78. The maximum Gasteiger partial charge on any atom is 0.261 e. The zero-order valence-electron chi connectivity index (χ0n) is 18.6. The predicted octanol–water partition coefficient (Wildman–Crippen LogP) is 4.06. The molecule has 0 fully saturated rings. The second-order valence-electron chi connectivity index (χ2n) is 7.75. The third kappa shape index (κ3) is 5.88. The standard InChI is InChI=1S/C25H28N2O4S/c1-18-10-12-21(13-11-18)24(20-8-6-5-7-9-20)26-25(28)19(2)31-23-16-14-22(15-17-23)27(3)32(4,29)30/h5-17,19,24H,1-4H3,(H,26,28)/t19-,24+/m0/s1. The Bertz CT molecular complexity index is 1140. The van der Waals surface area contributed by atoms with E-state index >= 15 is 0 Å². The van der Waals surface area contributed by atoms with E-state index in [1.54, 1.807) is 31.2 Å². The first-order chi connectivity index (χ1) is 15.1. The number of amides is 1. The van der Waals surface area contributed by atoms with Crippen LogP contribution in [0.15, 0.2) is 78.9 Å². The maximum absolute atomic E-state index is 13.0. The molecule has 168 valence electrons. The Balaban J connectivity index is 1.73. The van der Waals surface area contributed by atoms with Crippen molar-refractivity contribution in [2.24, 2.45) is 0 Å². The highest BCUT2D eigenvalue weighted by atomic mass is 32.2. The van der Waals surface area contributed by atoms with Gasteiger partial charge in [0.1, 0.15) is 5.75 Å². The Morgan fingerprint density at radius 2 is 1.47 bits per heavy atom. The number of nitrogens with one attached hydrogen (secondary N) is 1. The fraction of sp³-hybridized carbons (Fsp3) is 0.240. The topological polar surface area (TPSA) is 75.7 Å². The second kappa shape index (κ2) is 9.87. The third-order valence-corrected chi connectivity index (χ3v) is 6.42. The van der Waals surface area contributed by atoms with E-state index in [0.717, 1.165) is 22.9 Å². The first-order valence-corrected chi connectivity index (χ1v) is 12.1. The van der Waals surface area contributed by atoms with Gasteiger partial charge in [0.15, 0.2) is 6.10 Å². The molecule has 3 aromatic rings. The molecule has 0 saturated carbocycles. The van der Waals surface area contributed by atoms with E-state index in [1.807, 2.05) is 61.5 Å². The first-order valence-electron chi connectivity index (χ1n) is 10.3. The number of benzene rings is 3. The third-order valence-electron chi connectivity index (χ3n) is 5.21. The summed E-state index contributed by atoms with van der Waals surface area (Å²) < 4.78 is 30.3. The van der Waals surface area contributed by atoms with Crippen molar-refractivity contribution < 1.29 is 17.9 Å². The van der Waals surface area contributed by atoms with Gasteiger partial charge in [0.05, 0.1) is 18.0 Å². The molecule has 32 heavy (non-hydrogen) atoms. The molecule has 1 N–H and O–H groups in total. The van der Waals surface area contributed by atoms with Crippen molar-refractivity contribution in [3.8, 4) is 5.75 Å². The van der Waals surface area contributed by atoms with Crippen molar-refractivity contribution in [3.05, 3.63) is 95.6 Å². The smallest absolute Gasteiger partial charge is 0.261 e. The summed E-state index contributed by atoms with van der Waals surface area (Å²) >= 11 is 0. The second-order valence-corrected chi connectivity index (χ2v) is 9.76. The molecule has 0 aliphatic carbocycles. The summed E-state index contributed by atoms with van der Waals surface area (Å²) in [6.45, 7) is 3.71. The molecule has 0 aliphatic heterocycles. The molecular weight excluding hydrogens is 424 g/mol. The van der Waals surface area contributed by atoms with E-state index in [2.05, 4.69) is 5.32 Å². The molecule has 7 heteroatoms. The van der Waals surface area contributed by atoms with Gasteiger partial charge in [-0.3, -0.25) is 9.10 Å². The molecule has 1 amide bonds. The van der Waals surface area contributed by atoms with Crippen LogP contribution in [0.4, 0.5) is 5.69 Å². The largest absolute Gasteiger partial charge is 0.481 e. The zero-order valence-corrected chi connectivity index (χ0v) is 19.5. The number of sulfonamides is 1. The Labute approximate surface area is 189 Å². The number of nitrogens with zero attached hydrogens (tertiary/aromatic N) is 1. The van der Waals surface area contributed by atoms with Crippen LogP contribution in [0.1, 0.15) is 29.7 Å². The van der Waals surface area contributed by atoms with Crippen molar-refractivity contribution in [2.45, 2.75) is 26.0 Å². The summed E-state index contributed by atoms with van der Waals surface area (Å²) in [5.41, 5.74) is 3.62. The lowest BCUT2D eigenvalue weighted by molar-refractivity contribution is -0.127. The Kier molecular flexibility index (Phi) is 7.20. The quantitative estimate of drug-likeness (QED) is 0.559. The molecule has 0 heterocycles. The van der Waals surface area contributed by atoms with Crippen LogP contribution in [0.2, 0.25) is 0 Å². The van der Waals surface area contributed by atoms with Crippen LogP contribution in [0.25, 0.3) is 0 Å². The Hall–Kier alpha value is -3.32. The van der Waals surface area contributed by atoms with Crippen molar-refractivity contribution in [3.63, 3.8) is 0 Å². The molecular formula is C25H28N2O4S. The van der Waals surface area contributed by atoms with Crippen LogP contribution < -0.4 is 14.4 Å². The van der Waals surface area contributed by atoms with E-state index in [9.17, 15) is 13.2 Å². The molecule has 0 spiro atoms. The summed E-state index contributed by atoms with van der Waals surface area (Å²) in [6.07, 6.45) is 0.395. The molecule has 0 unspecified atom stereocenters. The SMILES string of the molecule is Cc1ccc([C@H](NC(=O)[C@H](C)Oc2ccc(N(C)S(C)(=O)=O)cc2)c2ccccc2)cc1. The van der Waals surface area contributed by atoms with Crippen LogP contribution >= 0.6 is 0 Å².